The van der Waals surface area contributed by atoms with Crippen molar-refractivity contribution in [1.29, 1.82) is 0 Å². The van der Waals surface area contributed by atoms with Crippen molar-refractivity contribution >= 4 is 5.91 Å². The van der Waals surface area contributed by atoms with Crippen molar-refractivity contribution in [2.45, 2.75) is 44.9 Å². The first-order valence-corrected chi connectivity index (χ1v) is 7.92. The standard InChI is InChI=1S/C17H24N2O3/c1-17(2)9-13-7-12(3-4-15(13)22-17)10-19-16(20)8-14-11-18-5-6-21-14/h3-4,7,14,18H,5-6,8-11H2,1-2H3,(H,19,20). The van der Waals surface area contributed by atoms with Crippen LogP contribution in [0.1, 0.15) is 31.4 Å². The Hall–Kier alpha value is -1.59. The van der Waals surface area contributed by atoms with Crippen molar-refractivity contribution < 1.29 is 14.3 Å². The lowest BCUT2D eigenvalue weighted by Gasteiger charge is -2.23. The first-order chi connectivity index (χ1) is 10.5. The molecule has 0 aliphatic carbocycles. The lowest BCUT2D eigenvalue weighted by atomic mass is 10.0. The molecule has 1 aromatic rings. The summed E-state index contributed by atoms with van der Waals surface area (Å²) in [5.74, 6) is 0.993. The van der Waals surface area contributed by atoms with Crippen molar-refractivity contribution in [3.8, 4) is 5.75 Å². The Balaban J connectivity index is 1.51. The Kier molecular flexibility index (Phi) is 4.36. The maximum absolute atomic E-state index is 12.0. The Labute approximate surface area is 131 Å². The zero-order valence-electron chi connectivity index (χ0n) is 13.3. The van der Waals surface area contributed by atoms with Gasteiger partial charge >= 0.3 is 0 Å². The molecule has 1 fully saturated rings. The van der Waals surface area contributed by atoms with Crippen LogP contribution in [0.5, 0.6) is 5.75 Å². The molecule has 0 saturated carbocycles. The second kappa shape index (κ2) is 6.26. The summed E-state index contributed by atoms with van der Waals surface area (Å²) < 4.78 is 11.4. The van der Waals surface area contributed by atoms with Crippen LogP contribution in [-0.2, 0) is 22.5 Å². The van der Waals surface area contributed by atoms with Gasteiger partial charge in [-0.05, 0) is 31.0 Å². The van der Waals surface area contributed by atoms with E-state index in [1.807, 2.05) is 12.1 Å². The highest BCUT2D eigenvalue weighted by Gasteiger charge is 2.29. The summed E-state index contributed by atoms with van der Waals surface area (Å²) in [6.07, 6.45) is 1.31. The highest BCUT2D eigenvalue weighted by atomic mass is 16.5. The number of carbonyl (C=O) groups is 1. The third-order valence-corrected chi connectivity index (χ3v) is 4.03. The number of ether oxygens (including phenoxy) is 2. The Bertz CT molecular complexity index is 551. The molecule has 1 unspecified atom stereocenters. The van der Waals surface area contributed by atoms with E-state index in [0.29, 0.717) is 19.6 Å². The van der Waals surface area contributed by atoms with Crippen molar-refractivity contribution in [2.24, 2.45) is 0 Å². The number of hydrogen-bond acceptors (Lipinski definition) is 4. The normalized spacial score (nSPS) is 22.7. The Morgan fingerprint density at radius 3 is 3.09 bits per heavy atom. The topological polar surface area (TPSA) is 59.6 Å². The zero-order chi connectivity index (χ0) is 15.6. The van der Waals surface area contributed by atoms with Gasteiger partial charge in [0.25, 0.3) is 0 Å². The number of hydrogen-bond donors (Lipinski definition) is 2. The molecular weight excluding hydrogens is 280 g/mol. The van der Waals surface area contributed by atoms with Gasteiger partial charge in [-0.1, -0.05) is 12.1 Å². The number of amides is 1. The van der Waals surface area contributed by atoms with E-state index < -0.39 is 0 Å². The highest BCUT2D eigenvalue weighted by molar-refractivity contribution is 5.76. The van der Waals surface area contributed by atoms with E-state index in [1.165, 1.54) is 5.56 Å². The lowest BCUT2D eigenvalue weighted by Crippen LogP contribution is -2.41. The van der Waals surface area contributed by atoms with Gasteiger partial charge in [-0.2, -0.15) is 0 Å². The van der Waals surface area contributed by atoms with Crippen molar-refractivity contribution in [2.75, 3.05) is 19.7 Å². The predicted molar refractivity (Wildman–Crippen MR) is 83.9 cm³/mol. The summed E-state index contributed by atoms with van der Waals surface area (Å²) in [7, 11) is 0. The quantitative estimate of drug-likeness (QED) is 0.883. The average molecular weight is 304 g/mol. The molecule has 2 N–H and O–H groups in total. The second-order valence-electron chi connectivity index (χ2n) is 6.66. The molecule has 120 valence electrons. The summed E-state index contributed by atoms with van der Waals surface area (Å²) in [6, 6.07) is 6.14. The molecule has 0 radical (unpaired) electrons. The molecular formula is C17H24N2O3. The maximum atomic E-state index is 12.0. The van der Waals surface area contributed by atoms with Gasteiger partial charge in [0.15, 0.2) is 0 Å². The predicted octanol–water partition coefficient (Wildman–Crippen LogP) is 1.39. The molecule has 22 heavy (non-hydrogen) atoms. The van der Waals surface area contributed by atoms with Gasteiger partial charge in [0.05, 0.1) is 19.1 Å². The van der Waals surface area contributed by atoms with Crippen LogP contribution in [0.15, 0.2) is 18.2 Å². The van der Waals surface area contributed by atoms with Crippen molar-refractivity contribution in [3.63, 3.8) is 0 Å². The van der Waals surface area contributed by atoms with E-state index in [0.717, 1.165) is 30.8 Å². The molecule has 0 aromatic heterocycles. The van der Waals surface area contributed by atoms with E-state index in [2.05, 4.69) is 30.5 Å². The molecule has 3 rings (SSSR count). The summed E-state index contributed by atoms with van der Waals surface area (Å²) in [6.45, 7) is 7.02. The molecule has 5 nitrogen and oxygen atoms in total. The minimum absolute atomic E-state index is 0.0111. The SMILES string of the molecule is CC1(C)Cc2cc(CNC(=O)CC3CNCCO3)ccc2O1. The minimum atomic E-state index is -0.129. The van der Waals surface area contributed by atoms with Gasteiger partial charge < -0.3 is 20.1 Å². The van der Waals surface area contributed by atoms with Gasteiger partial charge in [0.1, 0.15) is 11.4 Å². The van der Waals surface area contributed by atoms with E-state index >= 15 is 0 Å². The first-order valence-electron chi connectivity index (χ1n) is 7.92. The van der Waals surface area contributed by atoms with E-state index in [-0.39, 0.29) is 17.6 Å². The van der Waals surface area contributed by atoms with E-state index in [9.17, 15) is 4.79 Å². The summed E-state index contributed by atoms with van der Waals surface area (Å²) in [5, 5.41) is 6.20. The monoisotopic (exact) mass is 304 g/mol. The molecule has 2 heterocycles. The molecule has 0 bridgehead atoms. The fraction of sp³-hybridized carbons (Fsp3) is 0.588. The third-order valence-electron chi connectivity index (χ3n) is 4.03. The minimum Gasteiger partial charge on any atom is -0.487 e. The highest BCUT2D eigenvalue weighted by Crippen LogP contribution is 2.35. The molecule has 2 aliphatic rings. The van der Waals surface area contributed by atoms with Crippen LogP contribution in [0.3, 0.4) is 0 Å². The fourth-order valence-corrected chi connectivity index (χ4v) is 3.00. The van der Waals surface area contributed by atoms with Gasteiger partial charge in [0, 0.05) is 26.1 Å². The number of carbonyl (C=O) groups excluding carboxylic acids is 1. The first kappa shape index (κ1) is 15.3. The van der Waals surface area contributed by atoms with Gasteiger partial charge in [0.2, 0.25) is 5.91 Å². The van der Waals surface area contributed by atoms with Crippen molar-refractivity contribution in [1.82, 2.24) is 10.6 Å². The zero-order valence-corrected chi connectivity index (χ0v) is 13.3. The maximum Gasteiger partial charge on any atom is 0.222 e. The number of fused-ring (bicyclic) bond motifs is 1. The van der Waals surface area contributed by atoms with Gasteiger partial charge in [-0.25, -0.2) is 0 Å². The van der Waals surface area contributed by atoms with Crippen molar-refractivity contribution in [3.05, 3.63) is 29.3 Å². The van der Waals surface area contributed by atoms with E-state index in [1.54, 1.807) is 0 Å². The Morgan fingerprint density at radius 2 is 2.32 bits per heavy atom. The van der Waals surface area contributed by atoms with Gasteiger partial charge in [-0.15, -0.1) is 0 Å². The van der Waals surface area contributed by atoms with Crippen LogP contribution in [0, 0.1) is 0 Å². The molecule has 5 heteroatoms. The smallest absolute Gasteiger partial charge is 0.222 e. The molecule has 1 aromatic carbocycles. The largest absolute Gasteiger partial charge is 0.487 e. The van der Waals surface area contributed by atoms with Crippen LogP contribution in [0.25, 0.3) is 0 Å². The van der Waals surface area contributed by atoms with Gasteiger partial charge in [-0.3, -0.25) is 4.79 Å². The van der Waals surface area contributed by atoms with E-state index in [4.69, 9.17) is 9.47 Å². The average Bonchev–Trinajstić information content (AvgIpc) is 2.79. The lowest BCUT2D eigenvalue weighted by molar-refractivity contribution is -0.124. The van der Waals surface area contributed by atoms with Crippen LogP contribution < -0.4 is 15.4 Å². The van der Waals surface area contributed by atoms with Crippen LogP contribution >= 0.6 is 0 Å². The third kappa shape index (κ3) is 3.78. The number of nitrogens with one attached hydrogen (secondary N) is 2. The fourth-order valence-electron chi connectivity index (χ4n) is 3.00. The molecule has 0 spiro atoms. The summed E-state index contributed by atoms with van der Waals surface area (Å²) in [4.78, 5) is 12.0. The number of rotatable bonds is 4. The molecule has 1 atom stereocenters. The Morgan fingerprint density at radius 1 is 1.45 bits per heavy atom. The second-order valence-corrected chi connectivity index (χ2v) is 6.66. The number of benzene rings is 1. The summed E-state index contributed by atoms with van der Waals surface area (Å²) >= 11 is 0. The number of morpholine rings is 1. The van der Waals surface area contributed by atoms with Crippen LogP contribution in [-0.4, -0.2) is 37.3 Å². The molecule has 1 saturated heterocycles. The molecule has 1 amide bonds. The van der Waals surface area contributed by atoms with Crippen LogP contribution in [0.4, 0.5) is 0 Å². The van der Waals surface area contributed by atoms with Crippen LogP contribution in [0.2, 0.25) is 0 Å². The summed E-state index contributed by atoms with van der Waals surface area (Å²) in [5.41, 5.74) is 2.20. The molecule has 2 aliphatic heterocycles.